The second-order valence-electron chi connectivity index (χ2n) is 5.44. The normalized spacial score (nSPS) is 15.7. The fourth-order valence-corrected chi connectivity index (χ4v) is 4.35. The number of halogens is 1. The van der Waals surface area contributed by atoms with Gasteiger partial charge in [0.05, 0.1) is 5.75 Å². The average molecular weight is 300 g/mol. The van der Waals surface area contributed by atoms with Crippen molar-refractivity contribution in [3.8, 4) is 0 Å². The topological polar surface area (TPSA) is 46.2 Å². The molecule has 5 heteroatoms. The highest BCUT2D eigenvalue weighted by Crippen LogP contribution is 2.16. The molecule has 0 bridgehead atoms. The molecule has 92 valence electrons. The first kappa shape index (κ1) is 15.4. The van der Waals surface area contributed by atoms with Crippen molar-refractivity contribution in [2.75, 3.05) is 11.1 Å². The van der Waals surface area contributed by atoms with Crippen molar-refractivity contribution in [1.29, 1.82) is 0 Å². The third kappa shape index (κ3) is 7.30. The van der Waals surface area contributed by atoms with Gasteiger partial charge in [0.1, 0.15) is 0 Å². The smallest absolute Gasteiger partial charge is 0.212 e. The number of rotatable bonds is 5. The minimum absolute atomic E-state index is 0.0302. The predicted molar refractivity (Wildman–Crippen MR) is 68.8 cm³/mol. The van der Waals surface area contributed by atoms with Gasteiger partial charge in [0.15, 0.2) is 0 Å². The molecule has 3 nitrogen and oxygen atoms in total. The Hall–Kier alpha value is 0.390. The summed E-state index contributed by atoms with van der Waals surface area (Å²) in [6.07, 6.45) is 0. The van der Waals surface area contributed by atoms with Gasteiger partial charge >= 0.3 is 0 Å². The summed E-state index contributed by atoms with van der Waals surface area (Å²) in [4.78, 5) is 0. The maximum absolute atomic E-state index is 11.8. The van der Waals surface area contributed by atoms with Crippen LogP contribution in [-0.2, 0) is 10.0 Å². The van der Waals surface area contributed by atoms with Crippen LogP contribution in [0.25, 0.3) is 0 Å². The molecule has 0 aromatic carbocycles. The van der Waals surface area contributed by atoms with Crippen molar-refractivity contribution in [2.45, 2.75) is 40.7 Å². The molecule has 15 heavy (non-hydrogen) atoms. The molecule has 0 heterocycles. The van der Waals surface area contributed by atoms with Gasteiger partial charge in [-0.25, -0.2) is 13.1 Å². The zero-order valence-corrected chi connectivity index (χ0v) is 12.6. The van der Waals surface area contributed by atoms with Gasteiger partial charge in [0.2, 0.25) is 10.0 Å². The summed E-state index contributed by atoms with van der Waals surface area (Å²) in [5.74, 6) is 0.454. The summed E-state index contributed by atoms with van der Waals surface area (Å²) in [5.41, 5.74) is -0.209. The van der Waals surface area contributed by atoms with E-state index in [0.29, 0.717) is 11.2 Å². The van der Waals surface area contributed by atoms with Crippen molar-refractivity contribution in [2.24, 2.45) is 11.3 Å². The van der Waals surface area contributed by atoms with Crippen LogP contribution in [0.15, 0.2) is 0 Å². The van der Waals surface area contributed by atoms with E-state index >= 15 is 0 Å². The van der Waals surface area contributed by atoms with Gasteiger partial charge in [-0.2, -0.15) is 0 Å². The third-order valence-electron chi connectivity index (χ3n) is 1.92. The zero-order valence-electron chi connectivity index (χ0n) is 10.2. The van der Waals surface area contributed by atoms with E-state index in [4.69, 9.17) is 0 Å². The van der Waals surface area contributed by atoms with E-state index in [-0.39, 0.29) is 17.2 Å². The van der Waals surface area contributed by atoms with Crippen molar-refractivity contribution < 1.29 is 8.42 Å². The monoisotopic (exact) mass is 299 g/mol. The van der Waals surface area contributed by atoms with Gasteiger partial charge in [-0.1, -0.05) is 50.5 Å². The van der Waals surface area contributed by atoms with E-state index in [1.807, 2.05) is 34.6 Å². The van der Waals surface area contributed by atoms with E-state index in [0.717, 1.165) is 0 Å². The Bertz CT molecular complexity index is 280. The van der Waals surface area contributed by atoms with Crippen LogP contribution in [-0.4, -0.2) is 25.5 Å². The lowest BCUT2D eigenvalue weighted by atomic mass is 10.0. The molecular weight excluding hydrogens is 278 g/mol. The molecule has 0 fully saturated rings. The summed E-state index contributed by atoms with van der Waals surface area (Å²) >= 11 is 3.32. The molecule has 0 radical (unpaired) electrons. The molecule has 0 aromatic heterocycles. The highest BCUT2D eigenvalue weighted by molar-refractivity contribution is 9.09. The average Bonchev–Trinajstić information content (AvgIpc) is 1.94. The highest BCUT2D eigenvalue weighted by Gasteiger charge is 2.25. The molecule has 0 spiro atoms. The number of nitrogens with one attached hydrogen (secondary N) is 1. The molecule has 1 N–H and O–H groups in total. The number of hydrogen-bond acceptors (Lipinski definition) is 2. The van der Waals surface area contributed by atoms with E-state index in [1.165, 1.54) is 0 Å². The molecule has 0 aliphatic carbocycles. The van der Waals surface area contributed by atoms with Gasteiger partial charge in [-0.15, -0.1) is 0 Å². The van der Waals surface area contributed by atoms with Crippen LogP contribution < -0.4 is 4.72 Å². The summed E-state index contributed by atoms with van der Waals surface area (Å²) in [6.45, 7) is 9.78. The Balaban J connectivity index is 4.50. The van der Waals surface area contributed by atoms with Gasteiger partial charge in [0.25, 0.3) is 0 Å². The minimum atomic E-state index is -3.18. The molecular formula is C10H22BrNO2S. The van der Waals surface area contributed by atoms with E-state index in [2.05, 4.69) is 20.7 Å². The minimum Gasteiger partial charge on any atom is -0.212 e. The highest BCUT2D eigenvalue weighted by atomic mass is 79.9. The van der Waals surface area contributed by atoms with Crippen molar-refractivity contribution in [1.82, 2.24) is 4.72 Å². The molecule has 0 saturated heterocycles. The van der Waals surface area contributed by atoms with Crippen LogP contribution >= 0.6 is 15.9 Å². The molecule has 1 atom stereocenters. The summed E-state index contributed by atoms with van der Waals surface area (Å²) in [5, 5.41) is 0.647. The zero-order chi connectivity index (χ0) is 12.3. The van der Waals surface area contributed by atoms with Crippen molar-refractivity contribution in [3.05, 3.63) is 0 Å². The number of sulfonamides is 1. The lowest BCUT2D eigenvalue weighted by Gasteiger charge is -2.23. The quantitative estimate of drug-likeness (QED) is 0.792. The van der Waals surface area contributed by atoms with Crippen molar-refractivity contribution in [3.63, 3.8) is 0 Å². The van der Waals surface area contributed by atoms with E-state index in [9.17, 15) is 8.42 Å². The second kappa shape index (κ2) is 5.64. The van der Waals surface area contributed by atoms with Gasteiger partial charge in [0, 0.05) is 11.4 Å². The number of hydrogen-bond donors (Lipinski definition) is 1. The van der Waals surface area contributed by atoms with Crippen LogP contribution in [0.2, 0.25) is 0 Å². The SMILES string of the molecule is CC(C)C(CBr)NS(=O)(=O)CC(C)(C)C. The Morgan fingerprint density at radius 2 is 1.73 bits per heavy atom. The summed E-state index contributed by atoms with van der Waals surface area (Å²) in [7, 11) is -3.18. The first-order valence-corrected chi connectivity index (χ1v) is 7.91. The van der Waals surface area contributed by atoms with Crippen LogP contribution in [0.4, 0.5) is 0 Å². The van der Waals surface area contributed by atoms with Crippen molar-refractivity contribution >= 4 is 26.0 Å². The fourth-order valence-electron chi connectivity index (χ4n) is 1.19. The maximum Gasteiger partial charge on any atom is 0.212 e. The largest absolute Gasteiger partial charge is 0.212 e. The molecule has 0 aromatic rings. The van der Waals surface area contributed by atoms with E-state index in [1.54, 1.807) is 0 Å². The molecule has 0 rings (SSSR count). The van der Waals surface area contributed by atoms with Crippen LogP contribution in [0, 0.1) is 11.3 Å². The van der Waals surface area contributed by atoms with Gasteiger partial charge in [-0.05, 0) is 11.3 Å². The fraction of sp³-hybridized carbons (Fsp3) is 1.00. The molecule has 0 saturated carbocycles. The van der Waals surface area contributed by atoms with Crippen LogP contribution in [0.1, 0.15) is 34.6 Å². The number of alkyl halides is 1. The van der Waals surface area contributed by atoms with Crippen LogP contribution in [0.3, 0.4) is 0 Å². The van der Waals surface area contributed by atoms with Gasteiger partial charge in [-0.3, -0.25) is 0 Å². The Labute approximate surface area is 102 Å². The molecule has 0 aliphatic heterocycles. The second-order valence-corrected chi connectivity index (χ2v) is 7.84. The standard InChI is InChI=1S/C10H22BrNO2S/c1-8(2)9(6-11)12-15(13,14)7-10(3,4)5/h8-9,12H,6-7H2,1-5H3. The molecule has 1 unspecified atom stereocenters. The predicted octanol–water partition coefficient (Wildman–Crippen LogP) is 2.37. The van der Waals surface area contributed by atoms with E-state index < -0.39 is 10.0 Å². The Morgan fingerprint density at radius 3 is 2.00 bits per heavy atom. The summed E-state index contributed by atoms with van der Waals surface area (Å²) in [6, 6.07) is -0.0302. The Morgan fingerprint density at radius 1 is 1.27 bits per heavy atom. The van der Waals surface area contributed by atoms with Gasteiger partial charge < -0.3 is 0 Å². The lowest BCUT2D eigenvalue weighted by Crippen LogP contribution is -2.43. The molecule has 0 aliphatic rings. The Kier molecular flexibility index (Phi) is 5.79. The molecule has 0 amide bonds. The maximum atomic E-state index is 11.8. The lowest BCUT2D eigenvalue weighted by molar-refractivity contribution is 0.442. The van der Waals surface area contributed by atoms with Crippen LogP contribution in [0.5, 0.6) is 0 Å². The summed E-state index contributed by atoms with van der Waals surface area (Å²) < 4.78 is 26.3. The third-order valence-corrected chi connectivity index (χ3v) is 4.53. The first-order chi connectivity index (χ1) is 6.57. The first-order valence-electron chi connectivity index (χ1n) is 5.13.